The summed E-state index contributed by atoms with van der Waals surface area (Å²) in [5, 5.41) is 9.56. The van der Waals surface area contributed by atoms with Gasteiger partial charge in [0.05, 0.1) is 0 Å². The molecule has 1 aliphatic rings. The van der Waals surface area contributed by atoms with E-state index in [0.29, 0.717) is 18.3 Å². The SMILES string of the molecule is C=CN1CCc2cc(SC)ccc2C1C(=O)N(C)c1ccc(-c2ccc(C(O)(C(F)(F)F)C(F)(F)F)cc2F)cc1. The molecule has 12 heteroatoms. The number of hydrogen-bond acceptors (Lipinski definition) is 4. The van der Waals surface area contributed by atoms with Crippen LogP contribution in [0.15, 0.2) is 78.3 Å². The third-order valence-electron chi connectivity index (χ3n) is 7.19. The molecule has 4 nitrogen and oxygen atoms in total. The molecule has 0 saturated heterocycles. The Kier molecular flexibility index (Phi) is 8.21. The lowest BCUT2D eigenvalue weighted by molar-refractivity contribution is -0.376. The number of aliphatic hydroxyl groups is 1. The minimum atomic E-state index is -6.13. The van der Waals surface area contributed by atoms with Gasteiger partial charge in [0, 0.05) is 35.3 Å². The van der Waals surface area contributed by atoms with Crippen LogP contribution in [0.3, 0.4) is 0 Å². The summed E-state index contributed by atoms with van der Waals surface area (Å²) in [6.45, 7) is 4.42. The van der Waals surface area contributed by atoms with Crippen molar-refractivity contribution >= 4 is 23.4 Å². The van der Waals surface area contributed by atoms with Crippen LogP contribution < -0.4 is 4.90 Å². The Hall–Kier alpha value is -3.51. The second-order valence-electron chi connectivity index (χ2n) is 9.48. The maximum absolute atomic E-state index is 14.8. The van der Waals surface area contributed by atoms with E-state index < -0.39 is 35.4 Å². The van der Waals surface area contributed by atoms with Crippen LogP contribution in [0, 0.1) is 5.82 Å². The minimum Gasteiger partial charge on any atom is -0.369 e. The van der Waals surface area contributed by atoms with Crippen molar-refractivity contribution in [2.75, 3.05) is 24.7 Å². The Labute approximate surface area is 236 Å². The standard InChI is InChI=1S/C29H25F7N2O2S/c1-4-38-14-13-18-15-21(41-3)10-12-23(18)25(38)26(39)37(2)20-8-5-17(6-9-20)22-11-7-19(16-24(22)30)27(40,28(31,32)33)29(34,35)36/h4-12,15-16,25,40H,1,13-14H2,2-3H3. The van der Waals surface area contributed by atoms with Crippen molar-refractivity contribution in [3.8, 4) is 11.1 Å². The molecule has 0 bridgehead atoms. The van der Waals surface area contributed by atoms with Gasteiger partial charge in [0.25, 0.3) is 11.5 Å². The van der Waals surface area contributed by atoms with E-state index >= 15 is 0 Å². The van der Waals surface area contributed by atoms with E-state index in [2.05, 4.69) is 12.6 Å². The van der Waals surface area contributed by atoms with Crippen molar-refractivity contribution in [1.29, 1.82) is 0 Å². The van der Waals surface area contributed by atoms with E-state index in [-0.39, 0.29) is 23.1 Å². The highest BCUT2D eigenvalue weighted by atomic mass is 32.2. The maximum Gasteiger partial charge on any atom is 0.430 e. The molecule has 1 N–H and O–H groups in total. The molecule has 1 atom stereocenters. The predicted molar refractivity (Wildman–Crippen MR) is 143 cm³/mol. The van der Waals surface area contributed by atoms with Gasteiger partial charge >= 0.3 is 12.4 Å². The molecule has 218 valence electrons. The number of rotatable bonds is 6. The quantitative estimate of drug-likeness (QED) is 0.240. The van der Waals surface area contributed by atoms with Crippen molar-refractivity contribution in [3.05, 3.63) is 96.0 Å². The second kappa shape index (κ2) is 11.1. The maximum atomic E-state index is 14.8. The Bertz CT molecular complexity index is 1440. The van der Waals surface area contributed by atoms with Crippen LogP contribution in [-0.2, 0) is 16.8 Å². The van der Waals surface area contributed by atoms with E-state index in [9.17, 15) is 40.6 Å². The molecule has 1 unspecified atom stereocenters. The van der Waals surface area contributed by atoms with Gasteiger partial charge in [-0.25, -0.2) is 4.39 Å². The average Bonchev–Trinajstić information content (AvgIpc) is 2.93. The Morgan fingerprint density at radius 2 is 1.66 bits per heavy atom. The van der Waals surface area contributed by atoms with Crippen molar-refractivity contribution in [1.82, 2.24) is 4.90 Å². The highest BCUT2D eigenvalue weighted by molar-refractivity contribution is 7.98. The van der Waals surface area contributed by atoms with Crippen molar-refractivity contribution in [3.63, 3.8) is 0 Å². The first kappa shape index (κ1) is 30.4. The summed E-state index contributed by atoms with van der Waals surface area (Å²) in [5.41, 5.74) is -4.74. The molecule has 1 aliphatic heterocycles. The highest BCUT2D eigenvalue weighted by Crippen LogP contribution is 2.50. The lowest BCUT2D eigenvalue weighted by Gasteiger charge is -2.37. The molecule has 1 heterocycles. The van der Waals surface area contributed by atoms with Crippen LogP contribution >= 0.6 is 11.8 Å². The fourth-order valence-electron chi connectivity index (χ4n) is 4.86. The lowest BCUT2D eigenvalue weighted by Crippen LogP contribution is -2.53. The van der Waals surface area contributed by atoms with Crippen LogP contribution in [0.25, 0.3) is 11.1 Å². The number of fused-ring (bicyclic) bond motifs is 1. The number of nitrogens with zero attached hydrogens (tertiary/aromatic N) is 2. The Morgan fingerprint density at radius 1 is 1.02 bits per heavy atom. The van der Waals surface area contributed by atoms with Gasteiger partial charge in [-0.3, -0.25) is 4.79 Å². The number of carbonyl (C=O) groups excluding carboxylic acids is 1. The fraction of sp³-hybridized carbons (Fsp3) is 0.276. The Balaban J connectivity index is 1.62. The molecule has 0 fully saturated rings. The van der Waals surface area contributed by atoms with E-state index in [1.807, 2.05) is 23.3 Å². The lowest BCUT2D eigenvalue weighted by atomic mass is 9.90. The number of likely N-dealkylation sites (N-methyl/N-ethyl adjacent to an activating group) is 1. The van der Waals surface area contributed by atoms with Crippen LogP contribution in [0.4, 0.5) is 36.4 Å². The van der Waals surface area contributed by atoms with Crippen LogP contribution in [-0.4, -0.2) is 48.1 Å². The molecular weight excluding hydrogens is 573 g/mol. The van der Waals surface area contributed by atoms with Gasteiger partial charge in [-0.05, 0) is 65.9 Å². The topological polar surface area (TPSA) is 43.8 Å². The van der Waals surface area contributed by atoms with Gasteiger partial charge in [-0.1, -0.05) is 36.9 Å². The van der Waals surface area contributed by atoms with Crippen LogP contribution in [0.2, 0.25) is 0 Å². The highest BCUT2D eigenvalue weighted by Gasteiger charge is 2.71. The summed E-state index contributed by atoms with van der Waals surface area (Å²) in [6.07, 6.45) is -7.95. The largest absolute Gasteiger partial charge is 0.430 e. The summed E-state index contributed by atoms with van der Waals surface area (Å²) < 4.78 is 94.0. The number of amides is 1. The number of benzene rings is 3. The smallest absolute Gasteiger partial charge is 0.369 e. The molecule has 41 heavy (non-hydrogen) atoms. The molecule has 0 radical (unpaired) electrons. The van der Waals surface area contributed by atoms with E-state index in [1.54, 1.807) is 25.0 Å². The van der Waals surface area contributed by atoms with Crippen LogP contribution in [0.5, 0.6) is 0 Å². The normalized spacial score (nSPS) is 15.9. The third-order valence-corrected chi connectivity index (χ3v) is 7.91. The zero-order valence-corrected chi connectivity index (χ0v) is 22.7. The summed E-state index contributed by atoms with van der Waals surface area (Å²) in [6, 6.07) is 12.2. The zero-order valence-electron chi connectivity index (χ0n) is 21.9. The van der Waals surface area contributed by atoms with Gasteiger partial charge in [0.2, 0.25) is 0 Å². The van der Waals surface area contributed by atoms with Gasteiger partial charge in [0.15, 0.2) is 0 Å². The number of thioether (sulfide) groups is 1. The zero-order chi connectivity index (χ0) is 30.3. The van der Waals surface area contributed by atoms with Gasteiger partial charge in [0.1, 0.15) is 11.9 Å². The molecule has 1 amide bonds. The molecule has 0 aromatic heterocycles. The summed E-state index contributed by atoms with van der Waals surface area (Å²) in [4.78, 5) is 18.0. The minimum absolute atomic E-state index is 0.0206. The van der Waals surface area contributed by atoms with Crippen molar-refractivity contribution in [2.24, 2.45) is 0 Å². The molecule has 4 rings (SSSR count). The molecule has 3 aromatic carbocycles. The molecule has 3 aromatic rings. The summed E-state index contributed by atoms with van der Waals surface area (Å²) in [5.74, 6) is -1.65. The molecule has 0 aliphatic carbocycles. The van der Waals surface area contributed by atoms with E-state index in [4.69, 9.17) is 0 Å². The van der Waals surface area contributed by atoms with Gasteiger partial charge in [-0.15, -0.1) is 11.8 Å². The summed E-state index contributed by atoms with van der Waals surface area (Å²) >= 11 is 1.60. The number of halogens is 7. The monoisotopic (exact) mass is 598 g/mol. The van der Waals surface area contributed by atoms with Gasteiger partial charge < -0.3 is 14.9 Å². The van der Waals surface area contributed by atoms with E-state index in [0.717, 1.165) is 28.5 Å². The average molecular weight is 599 g/mol. The van der Waals surface area contributed by atoms with Crippen LogP contribution in [0.1, 0.15) is 22.7 Å². The second-order valence-corrected chi connectivity index (χ2v) is 10.4. The molecule has 0 spiro atoms. The molecule has 0 saturated carbocycles. The number of carbonyl (C=O) groups is 1. The first-order chi connectivity index (χ1) is 19.1. The predicted octanol–water partition coefficient (Wildman–Crippen LogP) is 7.23. The Morgan fingerprint density at radius 3 is 2.20 bits per heavy atom. The van der Waals surface area contributed by atoms with Crippen molar-refractivity contribution < 1.29 is 40.6 Å². The van der Waals surface area contributed by atoms with E-state index in [1.165, 1.54) is 29.2 Å². The summed E-state index contributed by atoms with van der Waals surface area (Å²) in [7, 11) is 1.56. The molecular formula is C29H25F7N2O2S. The first-order valence-corrected chi connectivity index (χ1v) is 13.5. The first-order valence-electron chi connectivity index (χ1n) is 12.2. The number of anilines is 1. The fourth-order valence-corrected chi connectivity index (χ4v) is 5.32. The third kappa shape index (κ3) is 5.42. The van der Waals surface area contributed by atoms with Crippen molar-refractivity contribution in [2.45, 2.75) is 35.3 Å². The number of hydrogen-bond donors (Lipinski definition) is 1. The van der Waals surface area contributed by atoms with Gasteiger partial charge in [-0.2, -0.15) is 26.3 Å². The number of alkyl halides is 6.